The summed E-state index contributed by atoms with van der Waals surface area (Å²) in [4.78, 5) is 0.446. The summed E-state index contributed by atoms with van der Waals surface area (Å²) < 4.78 is 7.07. The van der Waals surface area contributed by atoms with E-state index in [2.05, 4.69) is 51.8 Å². The van der Waals surface area contributed by atoms with Gasteiger partial charge in [-0.15, -0.1) is 0 Å². The molecule has 0 spiro atoms. The summed E-state index contributed by atoms with van der Waals surface area (Å²) in [5.41, 5.74) is 4.38. The van der Waals surface area contributed by atoms with Crippen LogP contribution in [0, 0.1) is 0 Å². The Bertz CT molecular complexity index is 465. The molecular formula is C13H14Br2O. The van der Waals surface area contributed by atoms with Gasteiger partial charge >= 0.3 is 0 Å². The van der Waals surface area contributed by atoms with Crippen LogP contribution in [0.5, 0.6) is 5.75 Å². The first-order chi connectivity index (χ1) is 7.50. The molecule has 0 N–H and O–H groups in total. The van der Waals surface area contributed by atoms with Crippen LogP contribution in [0.3, 0.4) is 0 Å². The highest BCUT2D eigenvalue weighted by Crippen LogP contribution is 2.56. The maximum absolute atomic E-state index is 5.84. The van der Waals surface area contributed by atoms with Crippen molar-refractivity contribution in [1.29, 1.82) is 0 Å². The van der Waals surface area contributed by atoms with Gasteiger partial charge < -0.3 is 4.74 Å². The minimum Gasteiger partial charge on any atom is -0.493 e. The van der Waals surface area contributed by atoms with Crippen LogP contribution in [0.1, 0.15) is 41.8 Å². The molecule has 0 fully saturated rings. The minimum atomic E-state index is 0.210. The van der Waals surface area contributed by atoms with E-state index in [9.17, 15) is 0 Å². The molecule has 0 saturated heterocycles. The molecule has 1 unspecified atom stereocenters. The zero-order valence-corrected chi connectivity index (χ0v) is 12.6. The van der Waals surface area contributed by atoms with E-state index in [0.717, 1.165) is 25.2 Å². The average Bonchev–Trinajstić information content (AvgIpc) is 2.68. The summed E-state index contributed by atoms with van der Waals surface area (Å²) >= 11 is 7.49. The van der Waals surface area contributed by atoms with Gasteiger partial charge in [-0.3, -0.25) is 0 Å². The largest absolute Gasteiger partial charge is 0.493 e. The quantitative estimate of drug-likeness (QED) is 0.629. The molecule has 0 amide bonds. The fourth-order valence-corrected chi connectivity index (χ4v) is 5.29. The molecule has 16 heavy (non-hydrogen) atoms. The van der Waals surface area contributed by atoms with E-state index in [1.54, 1.807) is 0 Å². The third-order valence-electron chi connectivity index (χ3n) is 3.64. The first-order valence-electron chi connectivity index (χ1n) is 5.63. The number of alkyl halides is 1. The first kappa shape index (κ1) is 11.1. The zero-order chi connectivity index (χ0) is 11.5. The molecule has 1 heterocycles. The maximum atomic E-state index is 5.84. The number of rotatable bonds is 0. The molecule has 0 radical (unpaired) electrons. The molecule has 1 aromatic carbocycles. The monoisotopic (exact) mass is 344 g/mol. The summed E-state index contributed by atoms with van der Waals surface area (Å²) in [5, 5.41) is 0. The van der Waals surface area contributed by atoms with Gasteiger partial charge in [0, 0.05) is 21.3 Å². The maximum Gasteiger partial charge on any atom is 0.126 e. The lowest BCUT2D eigenvalue weighted by Crippen LogP contribution is -2.13. The Morgan fingerprint density at radius 1 is 1.44 bits per heavy atom. The second-order valence-electron chi connectivity index (χ2n) is 5.29. The standard InChI is InChI=1S/C13H14Br2O/c1-13(2)6-9(15)10-8(14)5-7-3-4-16-12(7)11(10)13/h5,9H,3-4,6H2,1-2H3. The highest BCUT2D eigenvalue weighted by atomic mass is 79.9. The summed E-state index contributed by atoms with van der Waals surface area (Å²) in [7, 11) is 0. The van der Waals surface area contributed by atoms with Gasteiger partial charge in [0.1, 0.15) is 5.75 Å². The van der Waals surface area contributed by atoms with Gasteiger partial charge in [-0.25, -0.2) is 0 Å². The van der Waals surface area contributed by atoms with Gasteiger partial charge in [0.25, 0.3) is 0 Å². The van der Waals surface area contributed by atoms with Crippen molar-refractivity contribution < 1.29 is 4.74 Å². The Kier molecular flexibility index (Phi) is 2.42. The van der Waals surface area contributed by atoms with Crippen LogP contribution in [0.4, 0.5) is 0 Å². The highest BCUT2D eigenvalue weighted by Gasteiger charge is 2.41. The lowest BCUT2D eigenvalue weighted by Gasteiger charge is -2.21. The molecule has 0 aromatic heterocycles. The Hall–Kier alpha value is -0.0200. The van der Waals surface area contributed by atoms with Crippen molar-refractivity contribution >= 4 is 31.9 Å². The first-order valence-corrected chi connectivity index (χ1v) is 7.34. The van der Waals surface area contributed by atoms with E-state index in [1.165, 1.54) is 21.2 Å². The van der Waals surface area contributed by atoms with Crippen molar-refractivity contribution in [2.45, 2.75) is 36.9 Å². The van der Waals surface area contributed by atoms with Gasteiger partial charge in [0.15, 0.2) is 0 Å². The van der Waals surface area contributed by atoms with Crippen molar-refractivity contribution in [3.8, 4) is 5.75 Å². The molecule has 0 bridgehead atoms. The summed E-state index contributed by atoms with van der Waals surface area (Å²) in [6.45, 7) is 5.45. The van der Waals surface area contributed by atoms with Gasteiger partial charge in [-0.1, -0.05) is 45.7 Å². The second-order valence-corrected chi connectivity index (χ2v) is 7.25. The smallest absolute Gasteiger partial charge is 0.126 e. The number of ether oxygens (including phenoxy) is 1. The molecule has 86 valence electrons. The minimum absolute atomic E-state index is 0.210. The van der Waals surface area contributed by atoms with E-state index in [1.807, 2.05) is 0 Å². The number of fused-ring (bicyclic) bond motifs is 3. The van der Waals surface area contributed by atoms with Crippen LogP contribution in [0.15, 0.2) is 10.5 Å². The Morgan fingerprint density at radius 2 is 2.19 bits per heavy atom. The average molecular weight is 346 g/mol. The predicted octanol–water partition coefficient (Wildman–Crippen LogP) is 4.50. The van der Waals surface area contributed by atoms with E-state index < -0.39 is 0 Å². The van der Waals surface area contributed by atoms with Crippen LogP contribution in [-0.4, -0.2) is 6.61 Å². The molecule has 3 rings (SSSR count). The second kappa shape index (κ2) is 3.49. The molecule has 1 aliphatic carbocycles. The molecule has 0 saturated carbocycles. The van der Waals surface area contributed by atoms with E-state index >= 15 is 0 Å². The summed E-state index contributed by atoms with van der Waals surface area (Å²) in [5.74, 6) is 1.16. The van der Waals surface area contributed by atoms with Crippen LogP contribution in [0.2, 0.25) is 0 Å². The fraction of sp³-hybridized carbons (Fsp3) is 0.538. The molecule has 1 atom stereocenters. The van der Waals surface area contributed by atoms with Gasteiger partial charge in [-0.05, 0) is 29.0 Å². The van der Waals surface area contributed by atoms with Crippen LogP contribution in [-0.2, 0) is 11.8 Å². The highest BCUT2D eigenvalue weighted by molar-refractivity contribution is 9.11. The third kappa shape index (κ3) is 1.40. The van der Waals surface area contributed by atoms with Gasteiger partial charge in [0.05, 0.1) is 6.61 Å². The van der Waals surface area contributed by atoms with Crippen molar-refractivity contribution in [3.63, 3.8) is 0 Å². The van der Waals surface area contributed by atoms with Crippen molar-refractivity contribution in [2.24, 2.45) is 0 Å². The van der Waals surface area contributed by atoms with E-state index in [4.69, 9.17) is 4.74 Å². The van der Waals surface area contributed by atoms with Gasteiger partial charge in [0.2, 0.25) is 0 Å². The number of hydrogen-bond donors (Lipinski definition) is 0. The van der Waals surface area contributed by atoms with Crippen molar-refractivity contribution in [1.82, 2.24) is 0 Å². The fourth-order valence-electron chi connectivity index (χ4n) is 2.94. The lowest BCUT2D eigenvalue weighted by atomic mass is 9.85. The molecule has 3 heteroatoms. The predicted molar refractivity (Wildman–Crippen MR) is 72.7 cm³/mol. The van der Waals surface area contributed by atoms with Crippen molar-refractivity contribution in [2.75, 3.05) is 6.61 Å². The molecular weight excluding hydrogens is 332 g/mol. The SMILES string of the molecule is CC1(C)CC(Br)c2c(Br)cc3c(c21)OCC3. The van der Waals surface area contributed by atoms with Crippen LogP contribution < -0.4 is 4.74 Å². The summed E-state index contributed by atoms with van der Waals surface area (Å²) in [6, 6.07) is 2.23. The van der Waals surface area contributed by atoms with Crippen LogP contribution >= 0.6 is 31.9 Å². The number of benzene rings is 1. The topological polar surface area (TPSA) is 9.23 Å². The Balaban J connectivity index is 2.33. The summed E-state index contributed by atoms with van der Waals surface area (Å²) in [6.07, 6.45) is 2.19. The molecule has 1 nitrogen and oxygen atoms in total. The Labute approximate surface area is 113 Å². The number of hydrogen-bond acceptors (Lipinski definition) is 1. The van der Waals surface area contributed by atoms with Gasteiger partial charge in [-0.2, -0.15) is 0 Å². The zero-order valence-electron chi connectivity index (χ0n) is 9.44. The molecule has 1 aliphatic heterocycles. The lowest BCUT2D eigenvalue weighted by molar-refractivity contribution is 0.346. The van der Waals surface area contributed by atoms with E-state index in [0.29, 0.717) is 4.83 Å². The third-order valence-corrected chi connectivity index (χ3v) is 5.08. The Morgan fingerprint density at radius 3 is 2.94 bits per heavy atom. The normalized spacial score (nSPS) is 25.1. The molecule has 2 aliphatic rings. The van der Waals surface area contributed by atoms with Crippen molar-refractivity contribution in [3.05, 3.63) is 27.2 Å². The van der Waals surface area contributed by atoms with E-state index in [-0.39, 0.29) is 5.41 Å². The van der Waals surface area contributed by atoms with Crippen LogP contribution in [0.25, 0.3) is 0 Å². The molecule has 1 aromatic rings. The number of halogens is 2.